The quantitative estimate of drug-likeness (QED) is 0.477. The summed E-state index contributed by atoms with van der Waals surface area (Å²) < 4.78 is 18.5. The lowest BCUT2D eigenvalue weighted by atomic mass is 9.95. The van der Waals surface area contributed by atoms with Crippen molar-refractivity contribution >= 4 is 17.6 Å². The summed E-state index contributed by atoms with van der Waals surface area (Å²) >= 11 is 0. The molecule has 0 bridgehead atoms. The van der Waals surface area contributed by atoms with Gasteiger partial charge in [0, 0.05) is 35.8 Å². The number of benzene rings is 2. The molecule has 2 aromatic carbocycles. The van der Waals surface area contributed by atoms with Crippen LogP contribution in [-0.4, -0.2) is 29.5 Å². The van der Waals surface area contributed by atoms with E-state index in [1.807, 2.05) is 0 Å². The number of oxazole rings is 1. The number of rotatable bonds is 7. The van der Waals surface area contributed by atoms with Crippen molar-refractivity contribution in [1.82, 2.24) is 15.6 Å². The Morgan fingerprint density at radius 3 is 2.45 bits per heavy atom. The van der Waals surface area contributed by atoms with Gasteiger partial charge in [-0.1, -0.05) is 19.3 Å². The zero-order chi connectivity index (χ0) is 23.0. The molecule has 1 aliphatic carbocycles. The van der Waals surface area contributed by atoms with Gasteiger partial charge in [0.25, 0.3) is 5.91 Å². The Hall–Kier alpha value is -3.68. The zero-order valence-corrected chi connectivity index (χ0v) is 18.3. The first-order valence-electron chi connectivity index (χ1n) is 11.2. The summed E-state index contributed by atoms with van der Waals surface area (Å²) in [5.74, 6) is 0.00526. The van der Waals surface area contributed by atoms with Crippen LogP contribution >= 0.6 is 0 Å². The second-order valence-electron chi connectivity index (χ2n) is 8.17. The fourth-order valence-corrected chi connectivity index (χ4v) is 3.85. The van der Waals surface area contributed by atoms with E-state index in [1.165, 1.54) is 24.8 Å². The number of nitrogens with zero attached hydrogens (tertiary/aromatic N) is 1. The standard InChI is InChI=1S/C25H27FN4O3/c26-19-10-6-18(7-11-19)24-29-22(16-33-24)14-15-27-25(32)30-21-12-8-17(9-13-21)23(31)28-20-4-2-1-3-5-20/h6-13,16,20H,1-5,14-15H2,(H,28,31)(H2,27,30,32). The van der Waals surface area contributed by atoms with Crippen LogP contribution in [0.3, 0.4) is 0 Å². The Morgan fingerprint density at radius 2 is 1.73 bits per heavy atom. The number of hydrogen-bond donors (Lipinski definition) is 3. The van der Waals surface area contributed by atoms with Crippen molar-refractivity contribution in [1.29, 1.82) is 0 Å². The molecule has 0 radical (unpaired) electrons. The number of aromatic nitrogens is 1. The van der Waals surface area contributed by atoms with Gasteiger partial charge in [-0.3, -0.25) is 4.79 Å². The lowest BCUT2D eigenvalue weighted by molar-refractivity contribution is 0.0927. The van der Waals surface area contributed by atoms with Crippen LogP contribution in [0, 0.1) is 5.82 Å². The highest BCUT2D eigenvalue weighted by Gasteiger charge is 2.16. The Balaban J connectivity index is 1.20. The Kier molecular flexibility index (Phi) is 7.34. The molecule has 3 N–H and O–H groups in total. The van der Waals surface area contributed by atoms with Gasteiger partial charge < -0.3 is 20.4 Å². The second-order valence-corrected chi connectivity index (χ2v) is 8.17. The molecule has 0 spiro atoms. The van der Waals surface area contributed by atoms with Crippen LogP contribution in [0.4, 0.5) is 14.9 Å². The normalized spacial score (nSPS) is 14.0. The summed E-state index contributed by atoms with van der Waals surface area (Å²) in [4.78, 5) is 28.9. The molecule has 7 nitrogen and oxygen atoms in total. The first kappa shape index (κ1) is 22.5. The maximum absolute atomic E-state index is 13.0. The van der Waals surface area contributed by atoms with Gasteiger partial charge in [0.2, 0.25) is 5.89 Å². The minimum atomic E-state index is -0.350. The van der Waals surface area contributed by atoms with Crippen LogP contribution in [0.15, 0.2) is 59.2 Å². The number of carbonyl (C=O) groups excluding carboxylic acids is 2. The molecule has 33 heavy (non-hydrogen) atoms. The van der Waals surface area contributed by atoms with Gasteiger partial charge in [0.15, 0.2) is 0 Å². The van der Waals surface area contributed by atoms with Gasteiger partial charge in [-0.05, 0) is 61.4 Å². The molecule has 0 aliphatic heterocycles. The smallest absolute Gasteiger partial charge is 0.319 e. The van der Waals surface area contributed by atoms with E-state index in [9.17, 15) is 14.0 Å². The average molecular weight is 451 g/mol. The molecule has 0 saturated heterocycles. The molecule has 1 aromatic heterocycles. The van der Waals surface area contributed by atoms with Crippen LogP contribution in [0.2, 0.25) is 0 Å². The van der Waals surface area contributed by atoms with E-state index in [4.69, 9.17) is 4.42 Å². The van der Waals surface area contributed by atoms with E-state index in [1.54, 1.807) is 36.4 Å². The fourth-order valence-electron chi connectivity index (χ4n) is 3.85. The summed E-state index contributed by atoms with van der Waals surface area (Å²) in [6.45, 7) is 0.364. The molecular formula is C25H27FN4O3. The zero-order valence-electron chi connectivity index (χ0n) is 18.3. The molecule has 3 aromatic rings. The first-order chi connectivity index (χ1) is 16.1. The minimum Gasteiger partial charge on any atom is -0.444 e. The fraction of sp³-hybridized carbons (Fsp3) is 0.320. The van der Waals surface area contributed by atoms with Gasteiger partial charge in [-0.25, -0.2) is 14.2 Å². The van der Waals surface area contributed by atoms with Gasteiger partial charge in [0.1, 0.15) is 12.1 Å². The molecule has 1 aliphatic rings. The highest BCUT2D eigenvalue weighted by atomic mass is 19.1. The van der Waals surface area contributed by atoms with Crippen molar-refractivity contribution in [2.75, 3.05) is 11.9 Å². The summed E-state index contributed by atoms with van der Waals surface area (Å²) in [5, 5.41) is 8.60. The van der Waals surface area contributed by atoms with Crippen LogP contribution in [0.5, 0.6) is 0 Å². The highest BCUT2D eigenvalue weighted by molar-refractivity contribution is 5.95. The molecule has 0 atom stereocenters. The van der Waals surface area contributed by atoms with Crippen molar-refractivity contribution < 1.29 is 18.4 Å². The van der Waals surface area contributed by atoms with Crippen LogP contribution in [-0.2, 0) is 6.42 Å². The number of carbonyl (C=O) groups is 2. The average Bonchev–Trinajstić information content (AvgIpc) is 3.29. The van der Waals surface area contributed by atoms with E-state index in [0.717, 1.165) is 25.7 Å². The van der Waals surface area contributed by atoms with Crippen LogP contribution in [0.25, 0.3) is 11.5 Å². The Bertz CT molecular complexity index is 1070. The second kappa shape index (κ2) is 10.8. The molecule has 1 fully saturated rings. The van der Waals surface area contributed by atoms with Gasteiger partial charge >= 0.3 is 6.03 Å². The van der Waals surface area contributed by atoms with Crippen molar-refractivity contribution in [2.45, 2.75) is 44.6 Å². The third kappa shape index (κ3) is 6.41. The molecule has 172 valence electrons. The summed E-state index contributed by atoms with van der Waals surface area (Å²) in [7, 11) is 0. The summed E-state index contributed by atoms with van der Waals surface area (Å²) in [6, 6.07) is 12.6. The number of amides is 3. The number of hydrogen-bond acceptors (Lipinski definition) is 4. The van der Waals surface area contributed by atoms with Crippen LogP contribution < -0.4 is 16.0 Å². The molecule has 4 rings (SSSR count). The van der Waals surface area contributed by atoms with E-state index in [2.05, 4.69) is 20.9 Å². The third-order valence-corrected chi connectivity index (χ3v) is 5.65. The Morgan fingerprint density at radius 1 is 1.00 bits per heavy atom. The van der Waals surface area contributed by atoms with Crippen molar-refractivity contribution in [3.05, 3.63) is 71.9 Å². The van der Waals surface area contributed by atoms with E-state index in [-0.39, 0.29) is 23.8 Å². The maximum atomic E-state index is 13.0. The third-order valence-electron chi connectivity index (χ3n) is 5.65. The van der Waals surface area contributed by atoms with Crippen molar-refractivity contribution in [3.63, 3.8) is 0 Å². The number of halogens is 1. The SMILES string of the molecule is O=C(NCCc1coc(-c2ccc(F)cc2)n1)Nc1ccc(C(=O)NC2CCCCC2)cc1. The molecular weight excluding hydrogens is 423 g/mol. The minimum absolute atomic E-state index is 0.0782. The predicted molar refractivity (Wildman–Crippen MR) is 123 cm³/mol. The molecule has 1 heterocycles. The van der Waals surface area contributed by atoms with E-state index < -0.39 is 0 Å². The number of urea groups is 1. The predicted octanol–water partition coefficient (Wildman–Crippen LogP) is 4.91. The Labute approximate surface area is 191 Å². The lowest BCUT2D eigenvalue weighted by Gasteiger charge is -2.22. The maximum Gasteiger partial charge on any atom is 0.319 e. The molecule has 8 heteroatoms. The first-order valence-corrected chi connectivity index (χ1v) is 11.2. The van der Waals surface area contributed by atoms with E-state index in [0.29, 0.717) is 41.4 Å². The molecule has 3 amide bonds. The van der Waals surface area contributed by atoms with Crippen molar-refractivity contribution in [2.24, 2.45) is 0 Å². The van der Waals surface area contributed by atoms with Crippen LogP contribution in [0.1, 0.15) is 48.2 Å². The topological polar surface area (TPSA) is 96.3 Å². The monoisotopic (exact) mass is 450 g/mol. The highest BCUT2D eigenvalue weighted by Crippen LogP contribution is 2.20. The number of nitrogens with one attached hydrogen (secondary N) is 3. The van der Waals surface area contributed by atoms with Crippen molar-refractivity contribution in [3.8, 4) is 11.5 Å². The number of anilines is 1. The lowest BCUT2D eigenvalue weighted by Crippen LogP contribution is -2.36. The van der Waals surface area contributed by atoms with Gasteiger partial charge in [0.05, 0.1) is 5.69 Å². The van der Waals surface area contributed by atoms with Gasteiger partial charge in [-0.15, -0.1) is 0 Å². The largest absolute Gasteiger partial charge is 0.444 e. The summed E-state index contributed by atoms with van der Waals surface area (Å²) in [6.07, 6.45) is 7.64. The molecule has 0 unspecified atom stereocenters. The molecule has 1 saturated carbocycles. The van der Waals surface area contributed by atoms with E-state index >= 15 is 0 Å². The van der Waals surface area contributed by atoms with Gasteiger partial charge in [-0.2, -0.15) is 0 Å². The summed E-state index contributed by atoms with van der Waals surface area (Å²) in [5.41, 5.74) is 2.54.